The number of amides is 2. The van der Waals surface area contributed by atoms with Crippen molar-refractivity contribution in [1.29, 1.82) is 5.26 Å². The van der Waals surface area contributed by atoms with Crippen LogP contribution in [0, 0.1) is 17.1 Å². The fourth-order valence-electron chi connectivity index (χ4n) is 6.34. The third-order valence-electron chi connectivity index (χ3n) is 8.56. The largest absolute Gasteiger partial charge is 0.419 e. The number of urea groups is 1. The molecule has 1 saturated heterocycles. The van der Waals surface area contributed by atoms with Crippen LogP contribution in [0.4, 0.5) is 28.0 Å². The molecule has 2 aliphatic rings. The zero-order valence-corrected chi connectivity index (χ0v) is 24.0. The Kier molecular flexibility index (Phi) is 9.33. The summed E-state index contributed by atoms with van der Waals surface area (Å²) in [6.07, 6.45) is 0.117. The number of benzene rings is 3. The lowest BCUT2D eigenvalue weighted by molar-refractivity contribution is -0.139. The molecule has 3 aromatic rings. The quantitative estimate of drug-likeness (QED) is 0.285. The predicted octanol–water partition coefficient (Wildman–Crippen LogP) is 7.19. The Morgan fingerprint density at radius 3 is 2.44 bits per heavy atom. The summed E-state index contributed by atoms with van der Waals surface area (Å²) in [6, 6.07) is 19.9. The molecule has 0 spiro atoms. The number of carbonyl (C=O) groups excluding carboxylic acids is 1. The number of nitriles is 1. The highest BCUT2D eigenvalue weighted by molar-refractivity contribution is 5.89. The van der Waals surface area contributed by atoms with E-state index in [0.29, 0.717) is 23.7 Å². The number of piperazine rings is 1. The van der Waals surface area contributed by atoms with Crippen LogP contribution < -0.4 is 10.6 Å². The minimum atomic E-state index is -4.87. The van der Waals surface area contributed by atoms with E-state index in [9.17, 15) is 27.6 Å². The van der Waals surface area contributed by atoms with Gasteiger partial charge in [0.15, 0.2) is 0 Å². The normalized spacial score (nSPS) is 19.1. The number of nitrogens with one attached hydrogen (secondary N) is 2. The van der Waals surface area contributed by atoms with Gasteiger partial charge in [-0.25, -0.2) is 9.18 Å². The maximum absolute atomic E-state index is 13.7. The average molecular weight is 594 g/mol. The van der Waals surface area contributed by atoms with Crippen molar-refractivity contribution in [3.63, 3.8) is 0 Å². The second-order valence-electron chi connectivity index (χ2n) is 11.4. The van der Waals surface area contributed by atoms with Crippen LogP contribution in [0.2, 0.25) is 0 Å². The number of rotatable bonds is 7. The molecule has 1 heterocycles. The summed E-state index contributed by atoms with van der Waals surface area (Å²) in [4.78, 5) is 17.8. The van der Waals surface area contributed by atoms with Crippen molar-refractivity contribution in [3.8, 4) is 17.2 Å². The molecule has 10 heteroatoms. The molecule has 0 bridgehead atoms. The summed E-state index contributed by atoms with van der Waals surface area (Å²) in [7, 11) is 0. The molecule has 5 rings (SSSR count). The Morgan fingerprint density at radius 1 is 1.02 bits per heavy atom. The second-order valence-corrected chi connectivity index (χ2v) is 11.4. The van der Waals surface area contributed by atoms with Crippen molar-refractivity contribution in [2.45, 2.75) is 56.9 Å². The SMILES string of the molecule is C[C@H]1CN(C2CCCC2)CCN1[C@H](CNC(=O)Nc1ccc(F)c(C(F)(F)F)c1)c1ccc(-c2cccc(C#N)c2)cc1. The second kappa shape index (κ2) is 13.1. The fourth-order valence-corrected chi connectivity index (χ4v) is 6.34. The molecule has 226 valence electrons. The highest BCUT2D eigenvalue weighted by Crippen LogP contribution is 2.34. The number of carbonyl (C=O) groups is 1. The first-order chi connectivity index (χ1) is 20.6. The Hall–Kier alpha value is -3.94. The molecular formula is C33H35F4N5O. The van der Waals surface area contributed by atoms with Crippen LogP contribution >= 0.6 is 0 Å². The van der Waals surface area contributed by atoms with E-state index in [-0.39, 0.29) is 24.3 Å². The molecule has 0 unspecified atom stereocenters. The molecule has 3 aromatic carbocycles. The maximum atomic E-state index is 13.7. The fraction of sp³-hybridized carbons (Fsp3) is 0.394. The van der Waals surface area contributed by atoms with Gasteiger partial charge in [0.25, 0.3) is 0 Å². The van der Waals surface area contributed by atoms with Crippen molar-refractivity contribution in [3.05, 3.63) is 89.2 Å². The molecule has 43 heavy (non-hydrogen) atoms. The van der Waals surface area contributed by atoms with Crippen LogP contribution in [0.3, 0.4) is 0 Å². The summed E-state index contributed by atoms with van der Waals surface area (Å²) in [5, 5.41) is 14.5. The van der Waals surface area contributed by atoms with Gasteiger partial charge in [0.05, 0.1) is 23.2 Å². The average Bonchev–Trinajstić information content (AvgIpc) is 3.54. The molecule has 1 aliphatic heterocycles. The van der Waals surface area contributed by atoms with Crippen LogP contribution in [0.15, 0.2) is 66.7 Å². The van der Waals surface area contributed by atoms with Gasteiger partial charge >= 0.3 is 12.2 Å². The lowest BCUT2D eigenvalue weighted by Crippen LogP contribution is -2.56. The van der Waals surface area contributed by atoms with Crippen molar-refractivity contribution in [2.24, 2.45) is 0 Å². The minimum Gasteiger partial charge on any atom is -0.336 e. The molecule has 0 radical (unpaired) electrons. The molecule has 6 nitrogen and oxygen atoms in total. The Labute approximate surface area is 249 Å². The number of anilines is 1. The van der Waals surface area contributed by atoms with Crippen LogP contribution in [0.25, 0.3) is 11.1 Å². The molecule has 2 fully saturated rings. The van der Waals surface area contributed by atoms with Crippen LogP contribution in [0.1, 0.15) is 55.3 Å². The van der Waals surface area contributed by atoms with Crippen LogP contribution in [-0.2, 0) is 6.18 Å². The minimum absolute atomic E-state index is 0.148. The maximum Gasteiger partial charge on any atom is 0.419 e. The van der Waals surface area contributed by atoms with E-state index in [1.165, 1.54) is 25.7 Å². The van der Waals surface area contributed by atoms with Gasteiger partial charge in [-0.2, -0.15) is 18.4 Å². The van der Waals surface area contributed by atoms with Crippen LogP contribution in [0.5, 0.6) is 0 Å². The predicted molar refractivity (Wildman–Crippen MR) is 158 cm³/mol. The molecule has 2 amide bonds. The van der Waals surface area contributed by atoms with Gasteiger partial charge in [-0.15, -0.1) is 0 Å². The number of alkyl halides is 3. The summed E-state index contributed by atoms with van der Waals surface area (Å²) in [6.45, 7) is 5.06. The first-order valence-electron chi connectivity index (χ1n) is 14.6. The van der Waals surface area contributed by atoms with E-state index in [4.69, 9.17) is 0 Å². The van der Waals surface area contributed by atoms with Gasteiger partial charge in [-0.05, 0) is 66.8 Å². The van der Waals surface area contributed by atoms with Gasteiger partial charge in [0.1, 0.15) is 5.82 Å². The highest BCUT2D eigenvalue weighted by Gasteiger charge is 2.35. The third kappa shape index (κ3) is 7.35. The van der Waals surface area contributed by atoms with E-state index in [0.717, 1.165) is 42.4 Å². The van der Waals surface area contributed by atoms with Gasteiger partial charge < -0.3 is 10.6 Å². The Bertz CT molecular complexity index is 1460. The summed E-state index contributed by atoms with van der Waals surface area (Å²) >= 11 is 0. The number of nitrogens with zero attached hydrogens (tertiary/aromatic N) is 3. The topological polar surface area (TPSA) is 71.4 Å². The van der Waals surface area contributed by atoms with Gasteiger partial charge in [0, 0.05) is 44.0 Å². The standard InChI is InChI=1S/C33H35F4N5O/c1-22-21-41(28-7-2-3-8-28)15-16-42(22)31(25-11-9-24(10-12-25)26-6-4-5-23(17-26)19-38)20-39-32(43)40-27-13-14-30(34)29(18-27)33(35,36)37/h4-6,9-14,17-18,22,28,31H,2-3,7-8,15-16,20-21H2,1H3,(H2,39,40,43)/t22-,31+/m0/s1. The van der Waals surface area contributed by atoms with Crippen molar-refractivity contribution < 1.29 is 22.4 Å². The summed E-state index contributed by atoms with van der Waals surface area (Å²) in [5.41, 5.74) is 1.87. The Morgan fingerprint density at radius 2 is 1.77 bits per heavy atom. The zero-order valence-electron chi connectivity index (χ0n) is 24.0. The number of hydrogen-bond acceptors (Lipinski definition) is 4. The lowest BCUT2D eigenvalue weighted by Gasteiger charge is -2.46. The molecule has 1 saturated carbocycles. The lowest BCUT2D eigenvalue weighted by atomic mass is 9.97. The van der Waals surface area contributed by atoms with Crippen molar-refractivity contribution in [1.82, 2.24) is 15.1 Å². The smallest absolute Gasteiger partial charge is 0.336 e. The summed E-state index contributed by atoms with van der Waals surface area (Å²) < 4.78 is 53.2. The molecular weight excluding hydrogens is 558 g/mol. The monoisotopic (exact) mass is 593 g/mol. The van der Waals surface area contributed by atoms with Crippen molar-refractivity contribution >= 4 is 11.7 Å². The van der Waals surface area contributed by atoms with Gasteiger partial charge in [-0.1, -0.05) is 49.2 Å². The first-order valence-corrected chi connectivity index (χ1v) is 14.6. The first kappa shape index (κ1) is 30.5. The van der Waals surface area contributed by atoms with E-state index in [1.54, 1.807) is 6.07 Å². The van der Waals surface area contributed by atoms with E-state index < -0.39 is 23.6 Å². The summed E-state index contributed by atoms with van der Waals surface area (Å²) in [5.74, 6) is -1.40. The molecule has 2 atom stereocenters. The third-order valence-corrected chi connectivity index (χ3v) is 8.56. The zero-order chi connectivity index (χ0) is 30.6. The molecule has 0 aromatic heterocycles. The van der Waals surface area contributed by atoms with Gasteiger partial charge in [0.2, 0.25) is 0 Å². The number of hydrogen-bond donors (Lipinski definition) is 2. The van der Waals surface area contributed by atoms with Gasteiger partial charge in [-0.3, -0.25) is 9.80 Å². The van der Waals surface area contributed by atoms with E-state index in [1.807, 2.05) is 42.5 Å². The van der Waals surface area contributed by atoms with E-state index >= 15 is 0 Å². The highest BCUT2D eigenvalue weighted by atomic mass is 19.4. The van der Waals surface area contributed by atoms with E-state index in [2.05, 4.69) is 33.4 Å². The molecule has 1 aliphatic carbocycles. The van der Waals surface area contributed by atoms with Crippen LogP contribution in [-0.4, -0.2) is 54.1 Å². The number of halogens is 4. The Balaban J connectivity index is 1.33. The molecule has 2 N–H and O–H groups in total. The van der Waals surface area contributed by atoms with Crippen molar-refractivity contribution in [2.75, 3.05) is 31.5 Å².